The fourth-order valence-electron chi connectivity index (χ4n) is 2.27. The summed E-state index contributed by atoms with van der Waals surface area (Å²) in [7, 11) is -3.45. The van der Waals surface area contributed by atoms with Crippen molar-refractivity contribution in [3.8, 4) is 11.5 Å². The number of ether oxygens (including phenoxy) is 2. The summed E-state index contributed by atoms with van der Waals surface area (Å²) >= 11 is 0. The lowest BCUT2D eigenvalue weighted by atomic mass is 10.2. The third kappa shape index (κ3) is 4.59. The average molecular weight is 342 g/mol. The first-order chi connectivity index (χ1) is 10.8. The van der Waals surface area contributed by atoms with Gasteiger partial charge in [0.05, 0.1) is 12.8 Å². The molecule has 0 aromatic heterocycles. The van der Waals surface area contributed by atoms with Crippen LogP contribution in [-0.4, -0.2) is 50.7 Å². The van der Waals surface area contributed by atoms with Crippen molar-refractivity contribution in [2.45, 2.75) is 26.3 Å². The summed E-state index contributed by atoms with van der Waals surface area (Å²) in [6.45, 7) is 4.39. The number of sulfonamides is 1. The predicted molar refractivity (Wildman–Crippen MR) is 87.4 cm³/mol. The van der Waals surface area contributed by atoms with Gasteiger partial charge < -0.3 is 14.8 Å². The Bertz CT molecular complexity index is 674. The van der Waals surface area contributed by atoms with Crippen LogP contribution >= 0.6 is 0 Å². The SMILES string of the molecule is CCC(C)N(CC(=O)Nc1ccc2c(c1)OCCO2)S(C)(=O)=O. The number of carbonyl (C=O) groups is 1. The van der Waals surface area contributed by atoms with E-state index >= 15 is 0 Å². The van der Waals surface area contributed by atoms with Gasteiger partial charge in [-0.2, -0.15) is 4.31 Å². The molecule has 128 valence electrons. The van der Waals surface area contributed by atoms with E-state index in [2.05, 4.69) is 5.32 Å². The van der Waals surface area contributed by atoms with E-state index in [1.165, 1.54) is 4.31 Å². The number of amides is 1. The molecule has 2 rings (SSSR count). The van der Waals surface area contributed by atoms with Crippen molar-refractivity contribution >= 4 is 21.6 Å². The quantitative estimate of drug-likeness (QED) is 0.846. The first kappa shape index (κ1) is 17.6. The Hall–Kier alpha value is -1.80. The van der Waals surface area contributed by atoms with Gasteiger partial charge in [-0.3, -0.25) is 4.79 Å². The molecule has 8 heteroatoms. The van der Waals surface area contributed by atoms with Crippen LogP contribution in [0.15, 0.2) is 18.2 Å². The van der Waals surface area contributed by atoms with Crippen LogP contribution in [0, 0.1) is 0 Å². The van der Waals surface area contributed by atoms with E-state index in [0.29, 0.717) is 36.8 Å². The van der Waals surface area contributed by atoms with Gasteiger partial charge in [0.15, 0.2) is 11.5 Å². The van der Waals surface area contributed by atoms with Gasteiger partial charge in [0.1, 0.15) is 13.2 Å². The molecule has 1 aromatic rings. The fourth-order valence-corrected chi connectivity index (χ4v) is 3.42. The molecule has 1 N–H and O–H groups in total. The van der Waals surface area contributed by atoms with Crippen LogP contribution in [0.2, 0.25) is 0 Å². The Labute approximate surface area is 136 Å². The number of hydrogen-bond donors (Lipinski definition) is 1. The highest BCUT2D eigenvalue weighted by Crippen LogP contribution is 2.32. The number of nitrogens with one attached hydrogen (secondary N) is 1. The molecule has 0 radical (unpaired) electrons. The molecule has 0 aliphatic carbocycles. The lowest BCUT2D eigenvalue weighted by Crippen LogP contribution is -2.42. The third-order valence-corrected chi connectivity index (χ3v) is 4.97. The van der Waals surface area contributed by atoms with Gasteiger partial charge in [0, 0.05) is 17.8 Å². The standard InChI is InChI=1S/C15H22N2O5S/c1-4-11(2)17(23(3,19)20)10-15(18)16-12-5-6-13-14(9-12)22-8-7-21-13/h5-6,9,11H,4,7-8,10H2,1-3H3,(H,16,18). The minimum Gasteiger partial charge on any atom is -0.486 e. The molecule has 1 unspecified atom stereocenters. The second kappa shape index (κ2) is 7.18. The fraction of sp³-hybridized carbons (Fsp3) is 0.533. The topological polar surface area (TPSA) is 84.9 Å². The highest BCUT2D eigenvalue weighted by atomic mass is 32.2. The lowest BCUT2D eigenvalue weighted by Gasteiger charge is -2.25. The van der Waals surface area contributed by atoms with E-state index in [9.17, 15) is 13.2 Å². The van der Waals surface area contributed by atoms with Crippen molar-refractivity contribution in [2.75, 3.05) is 31.3 Å². The number of benzene rings is 1. The lowest BCUT2D eigenvalue weighted by molar-refractivity contribution is -0.116. The summed E-state index contributed by atoms with van der Waals surface area (Å²) in [4.78, 5) is 12.2. The molecule has 1 aromatic carbocycles. The molecule has 1 heterocycles. The predicted octanol–water partition coefficient (Wildman–Crippen LogP) is 1.46. The van der Waals surface area contributed by atoms with Crippen LogP contribution in [0.5, 0.6) is 11.5 Å². The molecule has 1 aliphatic heterocycles. The van der Waals surface area contributed by atoms with Gasteiger partial charge in [-0.05, 0) is 25.5 Å². The van der Waals surface area contributed by atoms with Gasteiger partial charge in [-0.25, -0.2) is 8.42 Å². The number of fused-ring (bicyclic) bond motifs is 1. The zero-order chi connectivity index (χ0) is 17.0. The van der Waals surface area contributed by atoms with Gasteiger partial charge in [0.25, 0.3) is 0 Å². The van der Waals surface area contributed by atoms with Crippen molar-refractivity contribution < 1.29 is 22.7 Å². The minimum atomic E-state index is -3.45. The maximum absolute atomic E-state index is 12.2. The van der Waals surface area contributed by atoms with E-state index in [0.717, 1.165) is 6.26 Å². The van der Waals surface area contributed by atoms with Gasteiger partial charge >= 0.3 is 0 Å². The van der Waals surface area contributed by atoms with Crippen LogP contribution in [-0.2, 0) is 14.8 Å². The third-order valence-electron chi connectivity index (χ3n) is 3.63. The van der Waals surface area contributed by atoms with Crippen molar-refractivity contribution in [3.63, 3.8) is 0 Å². The van der Waals surface area contributed by atoms with Crippen LogP contribution in [0.25, 0.3) is 0 Å². The molecule has 0 saturated carbocycles. The monoisotopic (exact) mass is 342 g/mol. The van der Waals surface area contributed by atoms with E-state index in [1.807, 2.05) is 6.92 Å². The highest BCUT2D eigenvalue weighted by molar-refractivity contribution is 7.88. The summed E-state index contributed by atoms with van der Waals surface area (Å²) in [5, 5.41) is 2.69. The number of carbonyl (C=O) groups excluding carboxylic acids is 1. The van der Waals surface area contributed by atoms with E-state index in [-0.39, 0.29) is 12.6 Å². The molecule has 0 bridgehead atoms. The highest BCUT2D eigenvalue weighted by Gasteiger charge is 2.25. The molecule has 0 saturated heterocycles. The van der Waals surface area contributed by atoms with Crippen LogP contribution < -0.4 is 14.8 Å². The average Bonchev–Trinajstić information content (AvgIpc) is 2.50. The van der Waals surface area contributed by atoms with Gasteiger partial charge in [-0.15, -0.1) is 0 Å². The Morgan fingerprint density at radius 3 is 2.57 bits per heavy atom. The van der Waals surface area contributed by atoms with Gasteiger partial charge in [-0.1, -0.05) is 6.92 Å². The number of anilines is 1. The summed E-state index contributed by atoms with van der Waals surface area (Å²) in [5.41, 5.74) is 0.539. The molecule has 0 spiro atoms. The van der Waals surface area contributed by atoms with Crippen LogP contribution in [0.1, 0.15) is 20.3 Å². The minimum absolute atomic E-state index is 0.220. The largest absolute Gasteiger partial charge is 0.486 e. The molecule has 23 heavy (non-hydrogen) atoms. The second-order valence-corrected chi connectivity index (χ2v) is 7.41. The summed E-state index contributed by atoms with van der Waals surface area (Å²) < 4.78 is 35.7. The summed E-state index contributed by atoms with van der Waals surface area (Å²) in [6, 6.07) is 4.84. The Balaban J connectivity index is 2.06. The number of rotatable bonds is 6. The van der Waals surface area contributed by atoms with Crippen molar-refractivity contribution in [1.29, 1.82) is 0 Å². The molecule has 1 aliphatic rings. The van der Waals surface area contributed by atoms with E-state index in [4.69, 9.17) is 9.47 Å². The normalized spacial score (nSPS) is 15.3. The number of hydrogen-bond acceptors (Lipinski definition) is 5. The molecule has 1 amide bonds. The molecular formula is C15H22N2O5S. The summed E-state index contributed by atoms with van der Waals surface area (Å²) in [6.07, 6.45) is 1.74. The first-order valence-corrected chi connectivity index (χ1v) is 9.32. The molecule has 7 nitrogen and oxygen atoms in total. The Morgan fingerprint density at radius 1 is 1.30 bits per heavy atom. The van der Waals surface area contributed by atoms with E-state index < -0.39 is 15.9 Å². The van der Waals surface area contributed by atoms with Crippen molar-refractivity contribution in [1.82, 2.24) is 4.31 Å². The Kier molecular flexibility index (Phi) is 5.48. The smallest absolute Gasteiger partial charge is 0.239 e. The van der Waals surface area contributed by atoms with Gasteiger partial charge in [0.2, 0.25) is 15.9 Å². The molecule has 0 fully saturated rings. The molecule has 1 atom stereocenters. The maximum Gasteiger partial charge on any atom is 0.239 e. The van der Waals surface area contributed by atoms with Crippen LogP contribution in [0.3, 0.4) is 0 Å². The van der Waals surface area contributed by atoms with E-state index in [1.54, 1.807) is 25.1 Å². The zero-order valence-electron chi connectivity index (χ0n) is 13.5. The first-order valence-electron chi connectivity index (χ1n) is 7.47. The summed E-state index contributed by atoms with van der Waals surface area (Å²) in [5.74, 6) is 0.801. The molecular weight excluding hydrogens is 320 g/mol. The van der Waals surface area contributed by atoms with Crippen LogP contribution in [0.4, 0.5) is 5.69 Å². The second-order valence-electron chi connectivity index (χ2n) is 5.47. The Morgan fingerprint density at radius 2 is 1.96 bits per heavy atom. The number of nitrogens with zero attached hydrogens (tertiary/aromatic N) is 1. The van der Waals surface area contributed by atoms with Crippen molar-refractivity contribution in [3.05, 3.63) is 18.2 Å². The maximum atomic E-state index is 12.2. The van der Waals surface area contributed by atoms with Crippen molar-refractivity contribution in [2.24, 2.45) is 0 Å². The zero-order valence-corrected chi connectivity index (χ0v) is 14.4.